The van der Waals surface area contributed by atoms with Crippen molar-refractivity contribution in [2.24, 2.45) is 0 Å². The molecule has 0 amide bonds. The van der Waals surface area contributed by atoms with E-state index < -0.39 is 0 Å². The summed E-state index contributed by atoms with van der Waals surface area (Å²) in [5.41, 5.74) is 5.65. The van der Waals surface area contributed by atoms with Gasteiger partial charge < -0.3 is 0 Å². The van der Waals surface area contributed by atoms with Gasteiger partial charge in [-0.1, -0.05) is 79.6 Å². The molecule has 21 heavy (non-hydrogen) atoms. The second-order valence-electron chi connectivity index (χ2n) is 5.72. The molecule has 0 bridgehead atoms. The highest BCUT2D eigenvalue weighted by atomic mass is 14.1. The van der Waals surface area contributed by atoms with E-state index in [1.807, 2.05) is 0 Å². The highest BCUT2D eigenvalue weighted by molar-refractivity contribution is 5.65. The summed E-state index contributed by atoms with van der Waals surface area (Å²) in [5, 5.41) is 0. The summed E-state index contributed by atoms with van der Waals surface area (Å²) in [4.78, 5) is 0. The van der Waals surface area contributed by atoms with Gasteiger partial charge in [0.25, 0.3) is 0 Å². The fourth-order valence-corrected chi connectivity index (χ4v) is 2.56. The van der Waals surface area contributed by atoms with Crippen molar-refractivity contribution in [3.8, 4) is 0 Å². The van der Waals surface area contributed by atoms with Gasteiger partial charge >= 0.3 is 0 Å². The van der Waals surface area contributed by atoms with E-state index in [0.717, 1.165) is 12.8 Å². The van der Waals surface area contributed by atoms with E-state index in [1.165, 1.54) is 41.5 Å². The summed E-state index contributed by atoms with van der Waals surface area (Å²) in [6.07, 6.45) is 8.40. The Morgan fingerprint density at radius 2 is 1.67 bits per heavy atom. The van der Waals surface area contributed by atoms with Crippen molar-refractivity contribution >= 4 is 5.57 Å². The third kappa shape index (κ3) is 5.23. The fraction of sp³-hybridized carbons (Fsp3) is 0.333. The normalized spacial score (nSPS) is 11.6. The van der Waals surface area contributed by atoms with Crippen molar-refractivity contribution in [1.82, 2.24) is 0 Å². The highest BCUT2D eigenvalue weighted by Gasteiger charge is 2.01. The van der Waals surface area contributed by atoms with Crippen LogP contribution in [-0.4, -0.2) is 0 Å². The Kier molecular flexibility index (Phi) is 6.27. The number of unbranched alkanes of at least 4 members (excludes halogenated alkanes) is 1. The lowest BCUT2D eigenvalue weighted by Gasteiger charge is -2.08. The molecule has 0 fully saturated rings. The molecule has 0 atom stereocenters. The van der Waals surface area contributed by atoms with E-state index in [-0.39, 0.29) is 0 Å². The summed E-state index contributed by atoms with van der Waals surface area (Å²) in [7, 11) is 0. The summed E-state index contributed by atoms with van der Waals surface area (Å²) in [6, 6.07) is 19.7. The Morgan fingerprint density at radius 1 is 0.952 bits per heavy atom. The molecule has 0 N–H and O–H groups in total. The van der Waals surface area contributed by atoms with Crippen LogP contribution >= 0.6 is 0 Å². The largest absolute Gasteiger partial charge is 0.0804 e. The number of rotatable bonds is 7. The van der Waals surface area contributed by atoms with E-state index >= 15 is 0 Å². The van der Waals surface area contributed by atoms with Crippen LogP contribution in [0, 0.1) is 6.92 Å². The number of allylic oxidation sites excluding steroid dienone is 2. The first-order valence-electron chi connectivity index (χ1n) is 8.09. The first kappa shape index (κ1) is 15.6. The molecular formula is C21H26. The van der Waals surface area contributed by atoms with Crippen LogP contribution in [0.25, 0.3) is 5.57 Å². The lowest BCUT2D eigenvalue weighted by molar-refractivity contribution is 0.821. The molecule has 2 aromatic carbocycles. The van der Waals surface area contributed by atoms with Gasteiger partial charge in [0.05, 0.1) is 0 Å². The zero-order valence-corrected chi connectivity index (χ0v) is 13.3. The number of benzene rings is 2. The maximum atomic E-state index is 2.44. The Balaban J connectivity index is 2.04. The zero-order valence-electron chi connectivity index (χ0n) is 13.3. The van der Waals surface area contributed by atoms with Gasteiger partial charge in [0, 0.05) is 0 Å². The summed E-state index contributed by atoms with van der Waals surface area (Å²) in [5.74, 6) is 0. The summed E-state index contributed by atoms with van der Waals surface area (Å²) < 4.78 is 0. The minimum atomic E-state index is 1.12. The molecule has 110 valence electrons. The quantitative estimate of drug-likeness (QED) is 0.565. The molecule has 0 saturated heterocycles. The molecule has 0 saturated carbocycles. The summed E-state index contributed by atoms with van der Waals surface area (Å²) >= 11 is 0. The molecule has 0 heteroatoms. The monoisotopic (exact) mass is 278 g/mol. The third-order valence-electron chi connectivity index (χ3n) is 3.89. The predicted molar refractivity (Wildman–Crippen MR) is 93.4 cm³/mol. The summed E-state index contributed by atoms with van der Waals surface area (Å²) in [6.45, 7) is 4.41. The average Bonchev–Trinajstić information content (AvgIpc) is 2.53. The standard InChI is InChI=1S/C21H26/c1-3-4-12-20(21-16-14-18(2)15-17-21)13-8-11-19-9-6-5-7-10-19/h5-7,9-10,13-17H,3-4,8,11-12H2,1-2H3/b20-13+. The fourth-order valence-electron chi connectivity index (χ4n) is 2.56. The van der Waals surface area contributed by atoms with Gasteiger partial charge in [-0.2, -0.15) is 0 Å². The van der Waals surface area contributed by atoms with E-state index in [2.05, 4.69) is 74.5 Å². The van der Waals surface area contributed by atoms with Gasteiger partial charge in [-0.25, -0.2) is 0 Å². The Bertz CT molecular complexity index is 546. The molecule has 2 rings (SSSR count). The molecular weight excluding hydrogens is 252 g/mol. The molecule has 0 aliphatic rings. The average molecular weight is 278 g/mol. The first-order chi connectivity index (χ1) is 10.3. The van der Waals surface area contributed by atoms with Crippen molar-refractivity contribution in [2.75, 3.05) is 0 Å². The van der Waals surface area contributed by atoms with Crippen LogP contribution in [0.1, 0.15) is 49.3 Å². The van der Waals surface area contributed by atoms with Crippen molar-refractivity contribution < 1.29 is 0 Å². The van der Waals surface area contributed by atoms with Crippen molar-refractivity contribution in [2.45, 2.75) is 46.0 Å². The van der Waals surface area contributed by atoms with E-state index in [4.69, 9.17) is 0 Å². The molecule has 0 aliphatic carbocycles. The van der Waals surface area contributed by atoms with Gasteiger partial charge in [-0.15, -0.1) is 0 Å². The second-order valence-corrected chi connectivity index (χ2v) is 5.72. The molecule has 0 aliphatic heterocycles. The smallest absolute Gasteiger partial charge is 0.0228 e. The van der Waals surface area contributed by atoms with Crippen LogP contribution in [0.15, 0.2) is 60.7 Å². The van der Waals surface area contributed by atoms with Gasteiger partial charge in [0.2, 0.25) is 0 Å². The SMILES string of the molecule is CCCC/C(=C\CCc1ccccc1)c1ccc(C)cc1. The second kappa shape index (κ2) is 8.46. The molecule has 0 unspecified atom stereocenters. The lowest BCUT2D eigenvalue weighted by Crippen LogP contribution is -1.88. The van der Waals surface area contributed by atoms with Crippen LogP contribution in [-0.2, 0) is 6.42 Å². The molecule has 0 radical (unpaired) electrons. The van der Waals surface area contributed by atoms with Crippen LogP contribution in [0.2, 0.25) is 0 Å². The van der Waals surface area contributed by atoms with Crippen LogP contribution in [0.3, 0.4) is 0 Å². The van der Waals surface area contributed by atoms with E-state index in [9.17, 15) is 0 Å². The highest BCUT2D eigenvalue weighted by Crippen LogP contribution is 2.22. The third-order valence-corrected chi connectivity index (χ3v) is 3.89. The zero-order chi connectivity index (χ0) is 14.9. The van der Waals surface area contributed by atoms with Crippen molar-refractivity contribution in [3.63, 3.8) is 0 Å². The molecule has 0 nitrogen and oxygen atoms in total. The van der Waals surface area contributed by atoms with Crippen molar-refractivity contribution in [1.29, 1.82) is 0 Å². The van der Waals surface area contributed by atoms with Gasteiger partial charge in [0.1, 0.15) is 0 Å². The van der Waals surface area contributed by atoms with Crippen LogP contribution in [0.4, 0.5) is 0 Å². The Morgan fingerprint density at radius 3 is 2.33 bits per heavy atom. The Hall–Kier alpha value is -1.82. The molecule has 0 spiro atoms. The van der Waals surface area contributed by atoms with Crippen LogP contribution in [0.5, 0.6) is 0 Å². The number of aryl methyl sites for hydroxylation is 2. The maximum Gasteiger partial charge on any atom is -0.0228 e. The topological polar surface area (TPSA) is 0 Å². The lowest BCUT2D eigenvalue weighted by atomic mass is 9.97. The Labute approximate surface area is 129 Å². The molecule has 0 aromatic heterocycles. The van der Waals surface area contributed by atoms with Crippen molar-refractivity contribution in [3.05, 3.63) is 77.4 Å². The first-order valence-corrected chi connectivity index (χ1v) is 8.09. The molecule has 2 aromatic rings. The number of hydrogen-bond donors (Lipinski definition) is 0. The van der Waals surface area contributed by atoms with Gasteiger partial charge in [-0.3, -0.25) is 0 Å². The number of hydrogen-bond acceptors (Lipinski definition) is 0. The maximum absolute atomic E-state index is 2.44. The minimum Gasteiger partial charge on any atom is -0.0804 e. The minimum absolute atomic E-state index is 1.12. The van der Waals surface area contributed by atoms with Crippen LogP contribution < -0.4 is 0 Å². The van der Waals surface area contributed by atoms with Gasteiger partial charge in [0.15, 0.2) is 0 Å². The van der Waals surface area contributed by atoms with E-state index in [0.29, 0.717) is 0 Å². The molecule has 0 heterocycles. The van der Waals surface area contributed by atoms with Gasteiger partial charge in [-0.05, 0) is 49.3 Å². The van der Waals surface area contributed by atoms with E-state index in [1.54, 1.807) is 0 Å². The predicted octanol–water partition coefficient (Wildman–Crippen LogP) is 6.20.